The van der Waals surface area contributed by atoms with Crippen molar-refractivity contribution < 1.29 is 18.7 Å². The highest BCUT2D eigenvalue weighted by atomic mass is 16.5. The number of carbonyl (C=O) groups is 2. The third-order valence-electron chi connectivity index (χ3n) is 6.66. The standard InChI is InChI=1S/C23H31N5O4/c1-16-20-18(32-22(16)23(30)27-7-2-3-8-27)5-4-17-14-28(25-21(17)20)15-19(29)24-6-9-26-10-12-31-13-11-26/h14H,2-13,15H2,1H3,(H,24,29). The normalized spacial score (nSPS) is 18.5. The van der Waals surface area contributed by atoms with Crippen molar-refractivity contribution in [3.05, 3.63) is 28.8 Å². The van der Waals surface area contributed by atoms with Gasteiger partial charge in [-0.15, -0.1) is 0 Å². The summed E-state index contributed by atoms with van der Waals surface area (Å²) in [5, 5.41) is 7.69. The minimum absolute atomic E-state index is 0.0185. The number of fused-ring (bicyclic) bond motifs is 3. The molecule has 3 aliphatic rings. The van der Waals surface area contributed by atoms with Crippen molar-refractivity contribution in [1.29, 1.82) is 0 Å². The summed E-state index contributed by atoms with van der Waals surface area (Å²) < 4.78 is 13.1. The molecule has 2 aliphatic heterocycles. The first-order chi connectivity index (χ1) is 15.6. The van der Waals surface area contributed by atoms with Crippen molar-refractivity contribution in [2.24, 2.45) is 0 Å². The fraction of sp³-hybridized carbons (Fsp3) is 0.609. The number of ether oxygens (including phenoxy) is 1. The summed E-state index contributed by atoms with van der Waals surface area (Å²) in [5.41, 5.74) is 3.73. The number of furan rings is 1. The van der Waals surface area contributed by atoms with Crippen molar-refractivity contribution in [1.82, 2.24) is 24.9 Å². The van der Waals surface area contributed by atoms with Gasteiger partial charge in [-0.2, -0.15) is 5.10 Å². The summed E-state index contributed by atoms with van der Waals surface area (Å²) in [4.78, 5) is 29.5. The van der Waals surface area contributed by atoms with Crippen LogP contribution in [0.4, 0.5) is 0 Å². The molecule has 0 radical (unpaired) electrons. The van der Waals surface area contributed by atoms with E-state index in [9.17, 15) is 9.59 Å². The second kappa shape index (κ2) is 9.07. The van der Waals surface area contributed by atoms with Gasteiger partial charge in [-0.05, 0) is 31.7 Å². The Balaban J connectivity index is 1.25. The van der Waals surface area contributed by atoms with Gasteiger partial charge in [-0.25, -0.2) is 0 Å². The highest BCUT2D eigenvalue weighted by Crippen LogP contribution is 2.38. The molecule has 2 aromatic heterocycles. The first-order valence-electron chi connectivity index (χ1n) is 11.6. The predicted molar refractivity (Wildman–Crippen MR) is 117 cm³/mol. The second-order valence-electron chi connectivity index (χ2n) is 8.86. The number of aryl methyl sites for hydroxylation is 2. The lowest BCUT2D eigenvalue weighted by Gasteiger charge is -2.26. The Morgan fingerprint density at radius 1 is 1.12 bits per heavy atom. The molecule has 1 aliphatic carbocycles. The van der Waals surface area contributed by atoms with E-state index in [1.54, 1.807) is 4.68 Å². The quantitative estimate of drug-likeness (QED) is 0.725. The van der Waals surface area contributed by atoms with Crippen LogP contribution in [-0.2, 0) is 28.9 Å². The average molecular weight is 442 g/mol. The maximum Gasteiger partial charge on any atom is 0.289 e. The lowest BCUT2D eigenvalue weighted by atomic mass is 9.93. The molecule has 2 fully saturated rings. The number of likely N-dealkylation sites (tertiary alicyclic amines) is 1. The maximum absolute atomic E-state index is 12.9. The molecule has 0 spiro atoms. The van der Waals surface area contributed by atoms with Crippen LogP contribution >= 0.6 is 0 Å². The lowest BCUT2D eigenvalue weighted by Crippen LogP contribution is -2.41. The van der Waals surface area contributed by atoms with Crippen LogP contribution in [0.25, 0.3) is 11.3 Å². The van der Waals surface area contributed by atoms with Crippen LogP contribution in [0.1, 0.15) is 40.3 Å². The van der Waals surface area contributed by atoms with Gasteiger partial charge in [-0.3, -0.25) is 19.2 Å². The molecule has 0 bridgehead atoms. The zero-order chi connectivity index (χ0) is 22.1. The summed E-state index contributed by atoms with van der Waals surface area (Å²) in [7, 11) is 0. The number of hydrogen-bond acceptors (Lipinski definition) is 6. The minimum Gasteiger partial charge on any atom is -0.455 e. The van der Waals surface area contributed by atoms with E-state index in [-0.39, 0.29) is 18.4 Å². The van der Waals surface area contributed by atoms with E-state index in [2.05, 4.69) is 10.2 Å². The number of hydrogen-bond donors (Lipinski definition) is 1. The Morgan fingerprint density at radius 3 is 2.69 bits per heavy atom. The van der Waals surface area contributed by atoms with E-state index >= 15 is 0 Å². The number of morpholine rings is 1. The molecule has 0 saturated carbocycles. The molecule has 0 unspecified atom stereocenters. The van der Waals surface area contributed by atoms with Crippen LogP contribution in [0, 0.1) is 6.92 Å². The summed E-state index contributed by atoms with van der Waals surface area (Å²) >= 11 is 0. The van der Waals surface area contributed by atoms with Crippen LogP contribution < -0.4 is 5.32 Å². The van der Waals surface area contributed by atoms with Crippen LogP contribution in [0.15, 0.2) is 10.6 Å². The molecular weight excluding hydrogens is 410 g/mol. The van der Waals surface area contributed by atoms with Crippen molar-refractivity contribution in [3.63, 3.8) is 0 Å². The Labute approximate surface area is 187 Å². The highest BCUT2D eigenvalue weighted by Gasteiger charge is 2.32. The average Bonchev–Trinajstić information content (AvgIpc) is 3.52. The largest absolute Gasteiger partial charge is 0.455 e. The first kappa shape index (κ1) is 21.2. The summed E-state index contributed by atoms with van der Waals surface area (Å²) in [6.07, 6.45) is 5.59. The summed E-state index contributed by atoms with van der Waals surface area (Å²) in [6, 6.07) is 0. The van der Waals surface area contributed by atoms with Crippen LogP contribution in [0.5, 0.6) is 0 Å². The Kier molecular flexibility index (Phi) is 6.01. The van der Waals surface area contributed by atoms with Gasteiger partial charge in [-0.1, -0.05) is 0 Å². The molecule has 5 rings (SSSR count). The van der Waals surface area contributed by atoms with E-state index in [0.29, 0.717) is 12.3 Å². The molecule has 9 heteroatoms. The molecule has 2 amide bonds. The summed E-state index contributed by atoms with van der Waals surface area (Å²) in [6.45, 7) is 8.51. The predicted octanol–water partition coefficient (Wildman–Crippen LogP) is 1.23. The van der Waals surface area contributed by atoms with Gasteiger partial charge in [0.05, 0.1) is 18.9 Å². The SMILES string of the molecule is Cc1c(C(=O)N2CCCC2)oc2c1-c1nn(CC(=O)NCCN3CCOCC3)cc1CC2. The van der Waals surface area contributed by atoms with Crippen molar-refractivity contribution >= 4 is 11.8 Å². The van der Waals surface area contributed by atoms with E-state index < -0.39 is 0 Å². The second-order valence-corrected chi connectivity index (χ2v) is 8.86. The molecule has 0 aromatic carbocycles. The third-order valence-corrected chi connectivity index (χ3v) is 6.66. The Hall–Kier alpha value is -2.65. The van der Waals surface area contributed by atoms with Gasteiger partial charge in [0.1, 0.15) is 12.3 Å². The van der Waals surface area contributed by atoms with Gasteiger partial charge in [0, 0.05) is 63.0 Å². The maximum atomic E-state index is 12.9. The molecular formula is C23H31N5O4. The molecule has 2 aromatic rings. The molecule has 32 heavy (non-hydrogen) atoms. The number of aromatic nitrogens is 2. The molecule has 2 saturated heterocycles. The van der Waals surface area contributed by atoms with Gasteiger partial charge < -0.3 is 19.4 Å². The van der Waals surface area contributed by atoms with Crippen molar-refractivity contribution in [2.45, 2.75) is 39.2 Å². The minimum atomic E-state index is -0.0489. The van der Waals surface area contributed by atoms with E-state index in [1.807, 2.05) is 18.0 Å². The van der Waals surface area contributed by atoms with Crippen molar-refractivity contribution in [2.75, 3.05) is 52.5 Å². The molecule has 4 heterocycles. The smallest absolute Gasteiger partial charge is 0.289 e. The van der Waals surface area contributed by atoms with Gasteiger partial charge in [0.15, 0.2) is 5.76 Å². The monoisotopic (exact) mass is 441 g/mol. The Morgan fingerprint density at radius 2 is 1.91 bits per heavy atom. The van der Waals surface area contributed by atoms with Gasteiger partial charge >= 0.3 is 0 Å². The van der Waals surface area contributed by atoms with Crippen LogP contribution in [0.3, 0.4) is 0 Å². The molecule has 172 valence electrons. The number of nitrogens with zero attached hydrogens (tertiary/aromatic N) is 4. The Bertz CT molecular complexity index is 998. The molecule has 0 atom stereocenters. The van der Waals surface area contributed by atoms with E-state index in [1.165, 1.54) is 0 Å². The number of amides is 2. The van der Waals surface area contributed by atoms with Gasteiger partial charge in [0.2, 0.25) is 5.91 Å². The fourth-order valence-corrected chi connectivity index (χ4v) is 4.89. The van der Waals surface area contributed by atoms with E-state index in [4.69, 9.17) is 14.3 Å². The summed E-state index contributed by atoms with van der Waals surface area (Å²) in [5.74, 6) is 1.21. The third kappa shape index (κ3) is 4.19. The van der Waals surface area contributed by atoms with Gasteiger partial charge in [0.25, 0.3) is 5.91 Å². The zero-order valence-corrected chi connectivity index (χ0v) is 18.7. The first-order valence-corrected chi connectivity index (χ1v) is 11.6. The molecule has 9 nitrogen and oxygen atoms in total. The fourth-order valence-electron chi connectivity index (χ4n) is 4.89. The lowest BCUT2D eigenvalue weighted by molar-refractivity contribution is -0.121. The number of rotatable bonds is 6. The number of carbonyl (C=O) groups excluding carboxylic acids is 2. The van der Waals surface area contributed by atoms with E-state index in [0.717, 1.165) is 99.8 Å². The van der Waals surface area contributed by atoms with Crippen molar-refractivity contribution in [3.8, 4) is 11.3 Å². The topological polar surface area (TPSA) is 92.8 Å². The highest BCUT2D eigenvalue weighted by molar-refractivity contribution is 5.95. The molecule has 1 N–H and O–H groups in total. The number of nitrogens with one attached hydrogen (secondary N) is 1. The zero-order valence-electron chi connectivity index (χ0n) is 18.7. The van der Waals surface area contributed by atoms with Crippen LogP contribution in [0.2, 0.25) is 0 Å². The van der Waals surface area contributed by atoms with Crippen LogP contribution in [-0.4, -0.2) is 83.9 Å².